The van der Waals surface area contributed by atoms with Crippen LogP contribution in [0.3, 0.4) is 0 Å². The fourth-order valence-electron chi connectivity index (χ4n) is 2.56. The second kappa shape index (κ2) is 5.92. The van der Waals surface area contributed by atoms with E-state index in [1.165, 1.54) is 12.1 Å². The highest BCUT2D eigenvalue weighted by Gasteiger charge is 2.16. The lowest BCUT2D eigenvalue weighted by molar-refractivity contribution is 0.103. The molecule has 0 atom stereocenters. The highest BCUT2D eigenvalue weighted by atomic mass is 16.3. The normalized spacial score (nSPS) is 11.2. The van der Waals surface area contributed by atoms with Crippen molar-refractivity contribution in [2.24, 2.45) is 0 Å². The van der Waals surface area contributed by atoms with Gasteiger partial charge in [-0.25, -0.2) is 4.98 Å². The van der Waals surface area contributed by atoms with Crippen LogP contribution in [0.2, 0.25) is 0 Å². The number of ketones is 1. The molecule has 0 radical (unpaired) electrons. The average molecular weight is 322 g/mol. The lowest BCUT2D eigenvalue weighted by Crippen LogP contribution is -2.13. The van der Waals surface area contributed by atoms with E-state index in [0.717, 1.165) is 5.56 Å². The van der Waals surface area contributed by atoms with E-state index in [2.05, 4.69) is 9.97 Å². The van der Waals surface area contributed by atoms with Gasteiger partial charge in [0.1, 0.15) is 11.6 Å². The van der Waals surface area contributed by atoms with E-state index in [0.29, 0.717) is 22.3 Å². The van der Waals surface area contributed by atoms with E-state index in [-0.39, 0.29) is 28.6 Å². The van der Waals surface area contributed by atoms with Gasteiger partial charge in [0.15, 0.2) is 5.78 Å². The fraction of sp³-hybridized carbons (Fsp3) is 0.211. The number of fused-ring (bicyclic) bond motifs is 1. The van der Waals surface area contributed by atoms with Gasteiger partial charge in [0.05, 0.1) is 16.5 Å². The van der Waals surface area contributed by atoms with Crippen LogP contribution in [-0.4, -0.2) is 20.9 Å². The molecule has 0 saturated heterocycles. The van der Waals surface area contributed by atoms with Crippen molar-refractivity contribution in [3.05, 3.63) is 69.3 Å². The highest BCUT2D eigenvalue weighted by molar-refractivity contribution is 6.12. The van der Waals surface area contributed by atoms with Gasteiger partial charge in [-0.2, -0.15) is 0 Å². The van der Waals surface area contributed by atoms with Gasteiger partial charge in [-0.15, -0.1) is 0 Å². The minimum atomic E-state index is -0.328. The molecule has 0 amide bonds. The fourth-order valence-corrected chi connectivity index (χ4v) is 2.56. The molecular weight excluding hydrogens is 304 g/mol. The van der Waals surface area contributed by atoms with Crippen LogP contribution in [0, 0.1) is 6.92 Å². The first kappa shape index (κ1) is 15.9. The number of rotatable bonds is 3. The zero-order valence-corrected chi connectivity index (χ0v) is 13.8. The predicted molar refractivity (Wildman–Crippen MR) is 92.7 cm³/mol. The van der Waals surface area contributed by atoms with Gasteiger partial charge in [0.2, 0.25) is 0 Å². The van der Waals surface area contributed by atoms with E-state index >= 15 is 0 Å². The van der Waals surface area contributed by atoms with Gasteiger partial charge in [-0.05, 0) is 37.3 Å². The number of phenols is 1. The standard InChI is InChI=1S/C19H18N2O3/c1-10(2)18-20-15-6-5-12(9-13(15)19(24)21-18)17(23)14-8-11(3)4-7-16(14)22/h4-10,22H,1-3H3,(H,20,21,24). The Morgan fingerprint density at radius 3 is 2.62 bits per heavy atom. The molecule has 0 unspecified atom stereocenters. The predicted octanol–water partition coefficient (Wildman–Crippen LogP) is 3.29. The molecule has 0 fully saturated rings. The minimum absolute atomic E-state index is 0.0760. The van der Waals surface area contributed by atoms with Crippen molar-refractivity contribution >= 4 is 16.7 Å². The number of nitrogens with zero attached hydrogens (tertiary/aromatic N) is 1. The lowest BCUT2D eigenvalue weighted by Gasteiger charge is -2.08. The number of H-pyrrole nitrogens is 1. The summed E-state index contributed by atoms with van der Waals surface area (Å²) in [5, 5.41) is 10.3. The zero-order valence-electron chi connectivity index (χ0n) is 13.8. The lowest BCUT2D eigenvalue weighted by atomic mass is 9.99. The number of hydrogen-bond acceptors (Lipinski definition) is 4. The Bertz CT molecular complexity index is 1000. The molecule has 5 heteroatoms. The van der Waals surface area contributed by atoms with Crippen LogP contribution in [0.15, 0.2) is 41.2 Å². The molecule has 5 nitrogen and oxygen atoms in total. The summed E-state index contributed by atoms with van der Waals surface area (Å²) >= 11 is 0. The quantitative estimate of drug-likeness (QED) is 0.725. The van der Waals surface area contributed by atoms with Crippen LogP contribution >= 0.6 is 0 Å². The topological polar surface area (TPSA) is 83.0 Å². The molecule has 1 heterocycles. The van der Waals surface area contributed by atoms with Crippen molar-refractivity contribution in [1.82, 2.24) is 9.97 Å². The number of aromatic hydroxyl groups is 1. The van der Waals surface area contributed by atoms with Gasteiger partial charge < -0.3 is 10.1 Å². The molecule has 2 aromatic carbocycles. The summed E-state index contributed by atoms with van der Waals surface area (Å²) in [6, 6.07) is 9.67. The molecule has 1 aromatic heterocycles. The molecule has 0 bridgehead atoms. The SMILES string of the molecule is Cc1ccc(O)c(C(=O)c2ccc3nc(C(C)C)[nH]c(=O)c3c2)c1. The highest BCUT2D eigenvalue weighted by Crippen LogP contribution is 2.23. The molecule has 24 heavy (non-hydrogen) atoms. The number of nitrogens with one attached hydrogen (secondary N) is 1. The van der Waals surface area contributed by atoms with Crippen LogP contribution in [0.25, 0.3) is 10.9 Å². The van der Waals surface area contributed by atoms with Crippen LogP contribution in [-0.2, 0) is 0 Å². The maximum absolute atomic E-state index is 12.7. The van der Waals surface area contributed by atoms with Crippen molar-refractivity contribution in [3.8, 4) is 5.75 Å². The average Bonchev–Trinajstić information content (AvgIpc) is 2.56. The smallest absolute Gasteiger partial charge is 0.258 e. The van der Waals surface area contributed by atoms with E-state index in [1.807, 2.05) is 20.8 Å². The number of carbonyl (C=O) groups is 1. The van der Waals surface area contributed by atoms with Crippen molar-refractivity contribution in [2.45, 2.75) is 26.7 Å². The Labute approximate surface area is 139 Å². The zero-order chi connectivity index (χ0) is 17.4. The van der Waals surface area contributed by atoms with Crippen molar-refractivity contribution < 1.29 is 9.90 Å². The summed E-state index contributed by atoms with van der Waals surface area (Å²) in [6.45, 7) is 5.74. The van der Waals surface area contributed by atoms with Crippen molar-refractivity contribution in [2.75, 3.05) is 0 Å². The van der Waals surface area contributed by atoms with Gasteiger partial charge >= 0.3 is 0 Å². The molecule has 0 saturated carbocycles. The van der Waals surface area contributed by atoms with Crippen LogP contribution in [0.1, 0.15) is 47.1 Å². The second-order valence-corrected chi connectivity index (χ2v) is 6.19. The molecular formula is C19H18N2O3. The molecule has 3 aromatic rings. The summed E-state index contributed by atoms with van der Waals surface area (Å²) in [5.41, 5.74) is 1.71. The van der Waals surface area contributed by atoms with Crippen molar-refractivity contribution in [1.29, 1.82) is 0 Å². The molecule has 0 aliphatic heterocycles. The molecule has 122 valence electrons. The number of aromatic amines is 1. The first-order valence-corrected chi connectivity index (χ1v) is 7.75. The molecule has 0 spiro atoms. The molecule has 3 rings (SSSR count). The van der Waals surface area contributed by atoms with Crippen LogP contribution < -0.4 is 5.56 Å². The van der Waals surface area contributed by atoms with Gasteiger partial charge in [0.25, 0.3) is 5.56 Å². The second-order valence-electron chi connectivity index (χ2n) is 6.19. The Kier molecular flexibility index (Phi) is 3.93. The summed E-state index contributed by atoms with van der Waals surface area (Å²) in [7, 11) is 0. The third-order valence-corrected chi connectivity index (χ3v) is 3.93. The Hall–Kier alpha value is -2.95. The first-order chi connectivity index (χ1) is 11.4. The van der Waals surface area contributed by atoms with E-state index in [4.69, 9.17) is 0 Å². The molecule has 0 aliphatic rings. The van der Waals surface area contributed by atoms with Gasteiger partial charge in [-0.1, -0.05) is 25.5 Å². The summed E-state index contributed by atoms with van der Waals surface area (Å²) in [4.78, 5) is 32.1. The van der Waals surface area contributed by atoms with Crippen LogP contribution in [0.4, 0.5) is 0 Å². The number of benzene rings is 2. The van der Waals surface area contributed by atoms with Crippen molar-refractivity contribution in [3.63, 3.8) is 0 Å². The number of aromatic nitrogens is 2. The molecule has 0 aliphatic carbocycles. The number of phenolic OH excluding ortho intramolecular Hbond substituents is 1. The summed E-state index contributed by atoms with van der Waals surface area (Å²) in [6.07, 6.45) is 0. The van der Waals surface area contributed by atoms with E-state index in [1.54, 1.807) is 24.3 Å². The Morgan fingerprint density at radius 2 is 1.92 bits per heavy atom. The largest absolute Gasteiger partial charge is 0.507 e. The Morgan fingerprint density at radius 1 is 1.17 bits per heavy atom. The van der Waals surface area contributed by atoms with Gasteiger partial charge in [-0.3, -0.25) is 9.59 Å². The Balaban J connectivity index is 2.13. The summed E-state index contributed by atoms with van der Waals surface area (Å²) in [5.74, 6) is 0.314. The summed E-state index contributed by atoms with van der Waals surface area (Å²) < 4.78 is 0. The maximum Gasteiger partial charge on any atom is 0.258 e. The third kappa shape index (κ3) is 2.80. The molecule has 2 N–H and O–H groups in total. The van der Waals surface area contributed by atoms with Gasteiger partial charge in [0, 0.05) is 11.5 Å². The maximum atomic E-state index is 12.7. The van der Waals surface area contributed by atoms with E-state index < -0.39 is 0 Å². The first-order valence-electron chi connectivity index (χ1n) is 7.75. The number of aryl methyl sites for hydroxylation is 1. The number of carbonyl (C=O) groups excluding carboxylic acids is 1. The number of hydrogen-bond donors (Lipinski definition) is 2. The van der Waals surface area contributed by atoms with Crippen LogP contribution in [0.5, 0.6) is 5.75 Å². The minimum Gasteiger partial charge on any atom is -0.507 e. The van der Waals surface area contributed by atoms with E-state index in [9.17, 15) is 14.7 Å². The monoisotopic (exact) mass is 322 g/mol. The third-order valence-electron chi connectivity index (χ3n) is 3.93.